The van der Waals surface area contributed by atoms with Crippen molar-refractivity contribution < 1.29 is 22.5 Å². The Morgan fingerprint density at radius 1 is 0.923 bits per heavy atom. The highest BCUT2D eigenvalue weighted by atomic mass is 127. The summed E-state index contributed by atoms with van der Waals surface area (Å²) in [4.78, 5) is 21.8. The van der Waals surface area contributed by atoms with Crippen molar-refractivity contribution in [1.29, 1.82) is 0 Å². The lowest BCUT2D eigenvalue weighted by atomic mass is 10.1. The number of hydrogen-bond donors (Lipinski definition) is 1. The predicted molar refractivity (Wildman–Crippen MR) is 104 cm³/mol. The molecule has 0 saturated heterocycles. The summed E-state index contributed by atoms with van der Waals surface area (Å²) in [7, 11) is 0. The first-order valence-corrected chi connectivity index (χ1v) is 8.76. The lowest BCUT2D eigenvalue weighted by Gasteiger charge is -2.04. The summed E-state index contributed by atoms with van der Waals surface area (Å²) >= 11 is 1.86. The highest BCUT2D eigenvalue weighted by molar-refractivity contribution is 14.1. The number of ether oxygens (including phenoxy) is 1. The van der Waals surface area contributed by atoms with Gasteiger partial charge in [0.15, 0.2) is 0 Å². The lowest BCUT2D eigenvalue weighted by Crippen LogP contribution is -2.07. The van der Waals surface area contributed by atoms with E-state index in [1.165, 1.54) is 0 Å². The Hall–Kier alpha value is -2.37. The third-order valence-electron chi connectivity index (χ3n) is 3.40. The number of carboxylic acids is 1. The van der Waals surface area contributed by atoms with Crippen LogP contribution in [0.1, 0.15) is 35.1 Å². The summed E-state index contributed by atoms with van der Waals surface area (Å²) in [5.41, 5.74) is 3.64. The molecule has 0 aliphatic heterocycles. The Bertz CT molecular complexity index is 818. The van der Waals surface area contributed by atoms with Gasteiger partial charge < -0.3 is 12.9 Å². The van der Waals surface area contributed by atoms with E-state index in [1.54, 1.807) is 0 Å². The first-order valence-electron chi connectivity index (χ1n) is 7.87. The molecule has 0 atom stereocenters. The molecule has 0 aromatic heterocycles. The zero-order valence-electron chi connectivity index (χ0n) is 13.9. The maximum absolute atomic E-state index is 11.4. The van der Waals surface area contributed by atoms with Gasteiger partial charge in [-0.1, -0.05) is 36.1 Å². The monoisotopic (exact) mass is 464 g/mol. The van der Waals surface area contributed by atoms with E-state index >= 15 is 0 Å². The SMILES string of the molecule is O=C(O)CCC(=O)OCc1ccc(C#Cc2cccc(COI)c2)cc1. The number of carbonyl (C=O) groups excluding carboxylic acids is 1. The Morgan fingerprint density at radius 2 is 1.65 bits per heavy atom. The van der Waals surface area contributed by atoms with Crippen molar-refractivity contribution in [3.63, 3.8) is 0 Å². The summed E-state index contributed by atoms with van der Waals surface area (Å²) in [5, 5.41) is 8.53. The van der Waals surface area contributed by atoms with Crippen LogP contribution in [0.3, 0.4) is 0 Å². The Labute approximate surface area is 166 Å². The molecule has 0 saturated carbocycles. The second-order valence-corrected chi connectivity index (χ2v) is 6.08. The number of hydrogen-bond acceptors (Lipinski definition) is 4. The summed E-state index contributed by atoms with van der Waals surface area (Å²) in [5.74, 6) is 4.66. The molecule has 0 unspecified atom stereocenters. The van der Waals surface area contributed by atoms with Crippen LogP contribution in [0.5, 0.6) is 0 Å². The molecule has 1 N–H and O–H groups in total. The maximum Gasteiger partial charge on any atom is 0.306 e. The molecule has 0 aliphatic carbocycles. The van der Waals surface area contributed by atoms with Crippen molar-refractivity contribution in [2.75, 3.05) is 0 Å². The molecule has 2 aromatic rings. The van der Waals surface area contributed by atoms with Gasteiger partial charge in [-0.25, -0.2) is 0 Å². The molecule has 0 radical (unpaired) electrons. The van der Waals surface area contributed by atoms with Crippen LogP contribution in [0.2, 0.25) is 0 Å². The van der Waals surface area contributed by atoms with Crippen LogP contribution in [0, 0.1) is 11.8 Å². The average molecular weight is 464 g/mol. The third-order valence-corrected chi connectivity index (χ3v) is 3.71. The molecule has 2 aromatic carbocycles. The normalized spacial score (nSPS) is 9.88. The van der Waals surface area contributed by atoms with Crippen LogP contribution in [-0.2, 0) is 30.6 Å². The lowest BCUT2D eigenvalue weighted by molar-refractivity contribution is -0.148. The Balaban J connectivity index is 1.91. The minimum absolute atomic E-state index is 0.116. The summed E-state index contributed by atoms with van der Waals surface area (Å²) < 4.78 is 10.1. The highest BCUT2D eigenvalue weighted by Crippen LogP contribution is 2.09. The molecule has 134 valence electrons. The van der Waals surface area contributed by atoms with E-state index in [0.717, 1.165) is 22.3 Å². The van der Waals surface area contributed by atoms with Gasteiger partial charge in [-0.3, -0.25) is 9.59 Å². The van der Waals surface area contributed by atoms with Crippen LogP contribution < -0.4 is 0 Å². The standard InChI is InChI=1S/C20H17IO5/c21-26-14-18-3-1-2-16(12-18)7-4-15-5-8-17(9-6-15)13-25-20(24)11-10-19(22)23/h1-3,5-6,8-9,12H,10-11,13-14H2,(H,22,23). The van der Waals surface area contributed by atoms with Crippen molar-refractivity contribution in [1.82, 2.24) is 0 Å². The van der Waals surface area contributed by atoms with Crippen LogP contribution in [0.15, 0.2) is 48.5 Å². The number of carboxylic acid groups (broad SMARTS) is 1. The average Bonchev–Trinajstić information content (AvgIpc) is 2.64. The molecule has 26 heavy (non-hydrogen) atoms. The number of esters is 1. The van der Waals surface area contributed by atoms with E-state index in [4.69, 9.17) is 12.9 Å². The summed E-state index contributed by atoms with van der Waals surface area (Å²) in [6.07, 6.45) is -0.348. The van der Waals surface area contributed by atoms with Gasteiger partial charge >= 0.3 is 11.9 Å². The molecule has 0 fully saturated rings. The number of aliphatic carboxylic acids is 1. The van der Waals surface area contributed by atoms with Crippen molar-refractivity contribution >= 4 is 34.9 Å². The van der Waals surface area contributed by atoms with E-state index in [0.29, 0.717) is 6.61 Å². The topological polar surface area (TPSA) is 72.8 Å². The van der Waals surface area contributed by atoms with Crippen molar-refractivity contribution in [3.8, 4) is 11.8 Å². The van der Waals surface area contributed by atoms with Gasteiger partial charge in [0.25, 0.3) is 0 Å². The minimum atomic E-state index is -1.02. The molecule has 0 aliphatic rings. The number of rotatable bonds is 7. The third kappa shape index (κ3) is 7.25. The van der Waals surface area contributed by atoms with Gasteiger partial charge in [0.1, 0.15) is 29.6 Å². The number of carbonyl (C=O) groups is 2. The van der Waals surface area contributed by atoms with Crippen molar-refractivity contribution in [2.45, 2.75) is 26.1 Å². The van der Waals surface area contributed by atoms with Crippen LogP contribution in [0.25, 0.3) is 0 Å². The molecule has 5 nitrogen and oxygen atoms in total. The van der Waals surface area contributed by atoms with Crippen molar-refractivity contribution in [3.05, 3.63) is 70.8 Å². The summed E-state index contributed by atoms with van der Waals surface area (Å²) in [6.45, 7) is 0.653. The van der Waals surface area contributed by atoms with Gasteiger partial charge in [0.2, 0.25) is 0 Å². The zero-order chi connectivity index (χ0) is 18.8. The zero-order valence-corrected chi connectivity index (χ0v) is 16.1. The Kier molecular flexibility index (Phi) is 8.12. The summed E-state index contributed by atoms with van der Waals surface area (Å²) in [6, 6.07) is 15.2. The molecule has 2 rings (SSSR count). The van der Waals surface area contributed by atoms with E-state index in [9.17, 15) is 9.59 Å². The quantitative estimate of drug-likeness (QED) is 0.383. The predicted octanol–water partition coefficient (Wildman–Crippen LogP) is 3.86. The fourth-order valence-electron chi connectivity index (χ4n) is 2.08. The fourth-order valence-corrected chi connectivity index (χ4v) is 2.44. The van der Waals surface area contributed by atoms with Crippen LogP contribution >= 0.6 is 23.0 Å². The minimum Gasteiger partial charge on any atom is -0.481 e. The molecular formula is C20H17IO5. The van der Waals surface area contributed by atoms with Gasteiger partial charge in [0, 0.05) is 11.1 Å². The van der Waals surface area contributed by atoms with Gasteiger partial charge in [-0.15, -0.1) is 0 Å². The molecular weight excluding hydrogens is 447 g/mol. The first kappa shape index (κ1) is 19.9. The molecule has 0 spiro atoms. The Morgan fingerprint density at radius 3 is 2.35 bits per heavy atom. The van der Waals surface area contributed by atoms with Gasteiger partial charge in [0.05, 0.1) is 19.4 Å². The van der Waals surface area contributed by atoms with E-state index in [1.807, 2.05) is 71.5 Å². The van der Waals surface area contributed by atoms with E-state index in [-0.39, 0.29) is 19.4 Å². The molecule has 6 heteroatoms. The number of halogens is 1. The maximum atomic E-state index is 11.4. The van der Waals surface area contributed by atoms with Gasteiger partial charge in [-0.05, 0) is 35.4 Å². The molecule has 0 amide bonds. The second-order valence-electron chi connectivity index (χ2n) is 5.46. The van der Waals surface area contributed by atoms with Crippen molar-refractivity contribution in [2.24, 2.45) is 0 Å². The van der Waals surface area contributed by atoms with Crippen LogP contribution in [0.4, 0.5) is 0 Å². The molecule has 0 bridgehead atoms. The fraction of sp³-hybridized carbons (Fsp3) is 0.200. The van der Waals surface area contributed by atoms with Crippen LogP contribution in [-0.4, -0.2) is 17.0 Å². The van der Waals surface area contributed by atoms with E-state index < -0.39 is 11.9 Å². The highest BCUT2D eigenvalue weighted by Gasteiger charge is 2.06. The van der Waals surface area contributed by atoms with E-state index in [2.05, 4.69) is 11.8 Å². The second kappa shape index (κ2) is 10.6. The molecule has 0 heterocycles. The number of benzene rings is 2. The largest absolute Gasteiger partial charge is 0.481 e. The van der Waals surface area contributed by atoms with Gasteiger partial charge in [-0.2, -0.15) is 0 Å². The smallest absolute Gasteiger partial charge is 0.306 e. The first-order chi connectivity index (χ1) is 12.6.